The first-order chi connectivity index (χ1) is 17.7. The molecule has 2 aromatic carbocycles. The molecule has 0 bridgehead atoms. The molecule has 0 spiro atoms. The zero-order valence-electron chi connectivity index (χ0n) is 20.7. The molecule has 36 heavy (non-hydrogen) atoms. The maximum absolute atomic E-state index is 12.9. The Morgan fingerprint density at radius 1 is 1.03 bits per heavy atom. The Bertz CT molecular complexity index is 1210. The van der Waals surface area contributed by atoms with Gasteiger partial charge < -0.3 is 15.4 Å². The summed E-state index contributed by atoms with van der Waals surface area (Å²) in [5, 5.41) is 12.5. The number of hydrogen-bond acceptors (Lipinski definition) is 7. The van der Waals surface area contributed by atoms with Gasteiger partial charge in [0.05, 0.1) is 24.7 Å². The van der Waals surface area contributed by atoms with Gasteiger partial charge in [-0.3, -0.25) is 4.79 Å². The Balaban J connectivity index is 1.43. The van der Waals surface area contributed by atoms with Crippen LogP contribution in [-0.2, 0) is 16.1 Å². The van der Waals surface area contributed by atoms with Crippen LogP contribution in [0.25, 0.3) is 11.0 Å². The third-order valence-electron chi connectivity index (χ3n) is 5.79. The summed E-state index contributed by atoms with van der Waals surface area (Å²) in [5.74, 6) is 1.62. The Labute approximate surface area is 215 Å². The monoisotopic (exact) mass is 504 g/mol. The fourth-order valence-corrected chi connectivity index (χ4v) is 4.62. The van der Waals surface area contributed by atoms with Crippen molar-refractivity contribution >= 4 is 34.5 Å². The SMILES string of the molecule is CCSc1nc(NCCOC)c2cnn(CCNC(=O)CC(c3ccccc3)c3ccccc3)c2n1. The number of methoxy groups -OCH3 is 1. The van der Waals surface area contributed by atoms with E-state index >= 15 is 0 Å². The molecule has 4 aromatic rings. The summed E-state index contributed by atoms with van der Waals surface area (Å²) in [6, 6.07) is 20.3. The van der Waals surface area contributed by atoms with Crippen LogP contribution in [0, 0.1) is 0 Å². The van der Waals surface area contributed by atoms with E-state index < -0.39 is 0 Å². The molecule has 8 nitrogen and oxygen atoms in total. The predicted molar refractivity (Wildman–Crippen MR) is 144 cm³/mol. The van der Waals surface area contributed by atoms with Crippen molar-refractivity contribution in [3.05, 3.63) is 78.0 Å². The number of benzene rings is 2. The van der Waals surface area contributed by atoms with Gasteiger partial charge in [-0.2, -0.15) is 5.10 Å². The standard InChI is InChI=1S/C27H32N6O2S/c1-3-36-27-31-25(29-15-17-35-2)23-19-30-33(26(23)32-27)16-14-28-24(34)18-22(20-10-6-4-7-11-20)21-12-8-5-9-13-21/h4-13,19,22H,3,14-18H2,1-2H3,(H,28,34)(H,29,31,32). The number of anilines is 1. The van der Waals surface area contributed by atoms with Crippen LogP contribution in [-0.4, -0.2) is 58.2 Å². The molecule has 0 aliphatic carbocycles. The number of ether oxygens (including phenoxy) is 1. The van der Waals surface area contributed by atoms with Gasteiger partial charge in [-0.1, -0.05) is 79.3 Å². The molecule has 2 N–H and O–H groups in total. The number of carbonyl (C=O) groups is 1. The highest BCUT2D eigenvalue weighted by molar-refractivity contribution is 7.99. The number of amides is 1. The minimum absolute atomic E-state index is 0.0000317. The first-order valence-electron chi connectivity index (χ1n) is 12.1. The summed E-state index contributed by atoms with van der Waals surface area (Å²) in [4.78, 5) is 22.3. The summed E-state index contributed by atoms with van der Waals surface area (Å²) in [6.07, 6.45) is 2.15. The molecule has 2 aromatic heterocycles. The second-order valence-corrected chi connectivity index (χ2v) is 9.47. The van der Waals surface area contributed by atoms with Crippen molar-refractivity contribution in [1.82, 2.24) is 25.1 Å². The van der Waals surface area contributed by atoms with Crippen LogP contribution in [0.5, 0.6) is 0 Å². The van der Waals surface area contributed by atoms with E-state index in [9.17, 15) is 4.79 Å². The molecule has 0 saturated carbocycles. The highest BCUT2D eigenvalue weighted by Crippen LogP contribution is 2.28. The lowest BCUT2D eigenvalue weighted by atomic mass is 9.88. The van der Waals surface area contributed by atoms with Crippen molar-refractivity contribution in [1.29, 1.82) is 0 Å². The summed E-state index contributed by atoms with van der Waals surface area (Å²) < 4.78 is 6.97. The van der Waals surface area contributed by atoms with Crippen molar-refractivity contribution in [2.75, 3.05) is 37.9 Å². The number of aromatic nitrogens is 4. The number of nitrogens with zero attached hydrogens (tertiary/aromatic N) is 4. The third kappa shape index (κ3) is 6.61. The van der Waals surface area contributed by atoms with Crippen molar-refractivity contribution in [2.24, 2.45) is 0 Å². The van der Waals surface area contributed by atoms with Crippen LogP contribution in [0.15, 0.2) is 72.0 Å². The smallest absolute Gasteiger partial charge is 0.221 e. The van der Waals surface area contributed by atoms with Crippen molar-refractivity contribution in [3.8, 4) is 0 Å². The number of hydrogen-bond donors (Lipinski definition) is 2. The van der Waals surface area contributed by atoms with E-state index in [4.69, 9.17) is 9.72 Å². The summed E-state index contributed by atoms with van der Waals surface area (Å²) in [5.41, 5.74) is 3.01. The van der Waals surface area contributed by atoms with E-state index in [1.807, 2.05) is 41.1 Å². The normalized spacial score (nSPS) is 11.2. The number of nitrogens with one attached hydrogen (secondary N) is 2. The van der Waals surface area contributed by atoms with Crippen LogP contribution in [0.1, 0.15) is 30.4 Å². The average molecular weight is 505 g/mol. The molecule has 0 radical (unpaired) electrons. The Kier molecular flexibility index (Phi) is 9.29. The number of carbonyl (C=O) groups excluding carboxylic acids is 1. The molecule has 0 aliphatic rings. The van der Waals surface area contributed by atoms with Crippen molar-refractivity contribution in [3.63, 3.8) is 0 Å². The maximum Gasteiger partial charge on any atom is 0.221 e. The fourth-order valence-electron chi connectivity index (χ4n) is 4.06. The van der Waals surface area contributed by atoms with Gasteiger partial charge in [0, 0.05) is 32.5 Å². The fraction of sp³-hybridized carbons (Fsp3) is 0.333. The molecule has 9 heteroatoms. The number of thioether (sulfide) groups is 1. The predicted octanol–water partition coefficient (Wildman–Crippen LogP) is 4.34. The Morgan fingerprint density at radius 2 is 1.72 bits per heavy atom. The van der Waals surface area contributed by atoms with Crippen molar-refractivity contribution in [2.45, 2.75) is 31.0 Å². The van der Waals surface area contributed by atoms with E-state index in [2.05, 4.69) is 51.9 Å². The van der Waals surface area contributed by atoms with Crippen LogP contribution in [0.3, 0.4) is 0 Å². The van der Waals surface area contributed by atoms with E-state index in [0.29, 0.717) is 37.8 Å². The lowest BCUT2D eigenvalue weighted by molar-refractivity contribution is -0.121. The van der Waals surface area contributed by atoms with E-state index in [-0.39, 0.29) is 11.8 Å². The van der Waals surface area contributed by atoms with Crippen LogP contribution < -0.4 is 10.6 Å². The minimum atomic E-state index is 0.0000317. The van der Waals surface area contributed by atoms with Gasteiger partial charge in [-0.05, 0) is 16.9 Å². The van der Waals surface area contributed by atoms with Gasteiger partial charge in [-0.15, -0.1) is 0 Å². The van der Waals surface area contributed by atoms with E-state index in [0.717, 1.165) is 33.7 Å². The van der Waals surface area contributed by atoms with Crippen molar-refractivity contribution < 1.29 is 9.53 Å². The van der Waals surface area contributed by atoms with Gasteiger partial charge in [0.25, 0.3) is 0 Å². The summed E-state index contributed by atoms with van der Waals surface area (Å²) in [7, 11) is 1.67. The number of rotatable bonds is 13. The Morgan fingerprint density at radius 3 is 2.36 bits per heavy atom. The molecule has 1 amide bonds. The molecule has 4 rings (SSSR count). The third-order valence-corrected chi connectivity index (χ3v) is 6.52. The quantitative estimate of drug-likeness (QED) is 0.159. The van der Waals surface area contributed by atoms with Gasteiger partial charge >= 0.3 is 0 Å². The van der Waals surface area contributed by atoms with Crippen LogP contribution in [0.2, 0.25) is 0 Å². The molecular formula is C27H32N6O2S. The molecule has 0 aliphatic heterocycles. The van der Waals surface area contributed by atoms with E-state index in [1.165, 1.54) is 0 Å². The maximum atomic E-state index is 12.9. The Hall–Kier alpha value is -3.43. The summed E-state index contributed by atoms with van der Waals surface area (Å²) >= 11 is 1.58. The second kappa shape index (κ2) is 13.0. The molecule has 0 atom stereocenters. The first kappa shape index (κ1) is 25.7. The van der Waals surface area contributed by atoms with Crippen LogP contribution in [0.4, 0.5) is 5.82 Å². The number of fused-ring (bicyclic) bond motifs is 1. The van der Waals surface area contributed by atoms with Gasteiger partial charge in [0.2, 0.25) is 5.91 Å². The second-order valence-electron chi connectivity index (χ2n) is 8.24. The summed E-state index contributed by atoms with van der Waals surface area (Å²) in [6.45, 7) is 4.26. The lowest BCUT2D eigenvalue weighted by Gasteiger charge is -2.18. The van der Waals surface area contributed by atoms with Gasteiger partial charge in [0.15, 0.2) is 10.8 Å². The molecular weight excluding hydrogens is 472 g/mol. The highest BCUT2D eigenvalue weighted by Gasteiger charge is 2.18. The molecule has 0 unspecified atom stereocenters. The molecule has 2 heterocycles. The van der Waals surface area contributed by atoms with Gasteiger partial charge in [-0.25, -0.2) is 14.6 Å². The highest BCUT2D eigenvalue weighted by atomic mass is 32.2. The van der Waals surface area contributed by atoms with Gasteiger partial charge in [0.1, 0.15) is 5.82 Å². The molecule has 188 valence electrons. The molecule has 0 fully saturated rings. The average Bonchev–Trinajstić information content (AvgIpc) is 3.31. The zero-order valence-corrected chi connectivity index (χ0v) is 21.5. The van der Waals surface area contributed by atoms with E-state index in [1.54, 1.807) is 25.1 Å². The largest absolute Gasteiger partial charge is 0.383 e. The first-order valence-corrected chi connectivity index (χ1v) is 13.1. The topological polar surface area (TPSA) is 94.0 Å². The lowest BCUT2D eigenvalue weighted by Crippen LogP contribution is -2.29. The minimum Gasteiger partial charge on any atom is -0.383 e. The van der Waals surface area contributed by atoms with Crippen LogP contribution >= 0.6 is 11.8 Å². The zero-order chi connectivity index (χ0) is 25.2. The molecule has 0 saturated heterocycles.